The maximum atomic E-state index is 6.01. The van der Waals surface area contributed by atoms with Gasteiger partial charge in [-0.05, 0) is 49.7 Å². The summed E-state index contributed by atoms with van der Waals surface area (Å²) in [4.78, 5) is 1.38. The molecule has 0 amide bonds. The van der Waals surface area contributed by atoms with Crippen LogP contribution in [0.1, 0.15) is 49.1 Å². The first kappa shape index (κ1) is 14.0. The highest BCUT2D eigenvalue weighted by Crippen LogP contribution is 2.43. The molecule has 1 N–H and O–H groups in total. The van der Waals surface area contributed by atoms with E-state index in [9.17, 15) is 0 Å². The van der Waals surface area contributed by atoms with Crippen LogP contribution in [0.2, 0.25) is 0 Å². The van der Waals surface area contributed by atoms with Gasteiger partial charge in [-0.2, -0.15) is 0 Å². The fraction of sp³-hybridized carbons (Fsp3) is 0.733. The van der Waals surface area contributed by atoms with E-state index in [1.54, 1.807) is 0 Å². The highest BCUT2D eigenvalue weighted by Gasteiger charge is 2.42. The second-order valence-corrected chi connectivity index (χ2v) is 6.80. The number of likely N-dealkylation sites (N-methyl/N-ethyl adjacent to an activating group) is 1. The maximum absolute atomic E-state index is 6.01. The summed E-state index contributed by atoms with van der Waals surface area (Å²) in [5.74, 6) is 0.759. The Labute approximate surface area is 115 Å². The molecule has 1 saturated carbocycles. The maximum Gasteiger partial charge on any atom is 0.0875 e. The van der Waals surface area contributed by atoms with Gasteiger partial charge in [-0.3, -0.25) is 0 Å². The second kappa shape index (κ2) is 5.72. The summed E-state index contributed by atoms with van der Waals surface area (Å²) in [5.41, 5.74) is 1.36. The molecule has 1 aromatic heterocycles. The van der Waals surface area contributed by atoms with Crippen molar-refractivity contribution in [3.05, 3.63) is 21.9 Å². The number of nitrogens with one attached hydrogen (secondary N) is 1. The minimum atomic E-state index is -0.0278. The van der Waals surface area contributed by atoms with Gasteiger partial charge < -0.3 is 10.1 Å². The van der Waals surface area contributed by atoms with Gasteiger partial charge in [0.15, 0.2) is 0 Å². The zero-order chi connectivity index (χ0) is 13.2. The lowest BCUT2D eigenvalue weighted by Gasteiger charge is -2.44. The third-order valence-corrected chi connectivity index (χ3v) is 5.18. The van der Waals surface area contributed by atoms with Crippen molar-refractivity contribution in [3.63, 3.8) is 0 Å². The molecule has 2 rings (SSSR count). The Bertz CT molecular complexity index is 390. The van der Waals surface area contributed by atoms with Gasteiger partial charge >= 0.3 is 0 Å². The predicted octanol–water partition coefficient (Wildman–Crippen LogP) is 3.91. The number of methoxy groups -OCH3 is 1. The largest absolute Gasteiger partial charge is 0.376 e. The number of hydrogen-bond donors (Lipinski definition) is 1. The van der Waals surface area contributed by atoms with Gasteiger partial charge in [0.2, 0.25) is 0 Å². The van der Waals surface area contributed by atoms with E-state index in [-0.39, 0.29) is 5.60 Å². The monoisotopic (exact) mass is 267 g/mol. The lowest BCUT2D eigenvalue weighted by molar-refractivity contribution is -0.0789. The molecule has 18 heavy (non-hydrogen) atoms. The zero-order valence-electron chi connectivity index (χ0n) is 12.0. The first-order valence-corrected chi connectivity index (χ1v) is 7.76. The van der Waals surface area contributed by atoms with Crippen LogP contribution in [0.5, 0.6) is 0 Å². The van der Waals surface area contributed by atoms with Gasteiger partial charge in [-0.25, -0.2) is 0 Å². The Kier molecular flexibility index (Phi) is 4.46. The average molecular weight is 267 g/mol. The van der Waals surface area contributed by atoms with Gasteiger partial charge in [0.05, 0.1) is 11.6 Å². The Morgan fingerprint density at radius 1 is 1.56 bits per heavy atom. The van der Waals surface area contributed by atoms with Gasteiger partial charge in [0.1, 0.15) is 0 Å². The summed E-state index contributed by atoms with van der Waals surface area (Å²) >= 11 is 1.83. The number of rotatable bonds is 4. The van der Waals surface area contributed by atoms with E-state index in [0.29, 0.717) is 6.04 Å². The van der Waals surface area contributed by atoms with Crippen LogP contribution in [-0.4, -0.2) is 19.8 Å². The third kappa shape index (κ3) is 2.63. The lowest BCUT2D eigenvalue weighted by Crippen LogP contribution is -2.47. The van der Waals surface area contributed by atoms with Crippen LogP contribution in [0.3, 0.4) is 0 Å². The van der Waals surface area contributed by atoms with Crippen LogP contribution in [0, 0.1) is 12.8 Å². The van der Waals surface area contributed by atoms with E-state index in [4.69, 9.17) is 4.74 Å². The molecule has 1 aromatic rings. The van der Waals surface area contributed by atoms with Crippen LogP contribution in [0.4, 0.5) is 0 Å². The minimum absolute atomic E-state index is 0.0278. The molecule has 3 unspecified atom stereocenters. The topological polar surface area (TPSA) is 21.3 Å². The SMILES string of the molecule is CNC(c1csc(C)c1)C1(OC)CCCC(C)C1. The Balaban J connectivity index is 2.28. The van der Waals surface area contributed by atoms with Crippen LogP contribution in [0.15, 0.2) is 11.4 Å². The van der Waals surface area contributed by atoms with Crippen molar-refractivity contribution in [3.8, 4) is 0 Å². The number of hydrogen-bond acceptors (Lipinski definition) is 3. The van der Waals surface area contributed by atoms with Crippen molar-refractivity contribution >= 4 is 11.3 Å². The normalized spacial score (nSPS) is 30.3. The predicted molar refractivity (Wildman–Crippen MR) is 78.2 cm³/mol. The minimum Gasteiger partial charge on any atom is -0.376 e. The van der Waals surface area contributed by atoms with Gasteiger partial charge in [-0.1, -0.05) is 19.8 Å². The molecule has 0 saturated heterocycles. The van der Waals surface area contributed by atoms with E-state index in [0.717, 1.165) is 18.8 Å². The van der Waals surface area contributed by atoms with Gasteiger partial charge in [-0.15, -0.1) is 11.3 Å². The van der Waals surface area contributed by atoms with Crippen LogP contribution in [-0.2, 0) is 4.74 Å². The Morgan fingerprint density at radius 2 is 2.33 bits per heavy atom. The molecule has 3 heteroatoms. The van der Waals surface area contributed by atoms with Crippen LogP contribution < -0.4 is 5.32 Å². The van der Waals surface area contributed by atoms with E-state index < -0.39 is 0 Å². The molecule has 102 valence electrons. The summed E-state index contributed by atoms with van der Waals surface area (Å²) in [6.07, 6.45) is 4.93. The fourth-order valence-electron chi connectivity index (χ4n) is 3.46. The number of thiophene rings is 1. The molecular weight excluding hydrogens is 242 g/mol. The fourth-order valence-corrected chi connectivity index (χ4v) is 4.19. The highest BCUT2D eigenvalue weighted by atomic mass is 32.1. The summed E-state index contributed by atoms with van der Waals surface area (Å²) in [7, 11) is 3.93. The smallest absolute Gasteiger partial charge is 0.0875 e. The van der Waals surface area contributed by atoms with Gasteiger partial charge in [0.25, 0.3) is 0 Å². The van der Waals surface area contributed by atoms with Crippen LogP contribution >= 0.6 is 11.3 Å². The molecule has 0 aliphatic heterocycles. The first-order chi connectivity index (χ1) is 8.61. The Morgan fingerprint density at radius 3 is 2.83 bits per heavy atom. The van der Waals surface area contributed by atoms with Crippen molar-refractivity contribution in [2.45, 2.75) is 51.2 Å². The zero-order valence-corrected chi connectivity index (χ0v) is 12.8. The average Bonchev–Trinajstić information content (AvgIpc) is 2.76. The molecule has 1 heterocycles. The molecular formula is C15H25NOS. The Hall–Kier alpha value is -0.380. The van der Waals surface area contributed by atoms with E-state index in [2.05, 4.69) is 37.7 Å². The molecule has 0 spiro atoms. The molecule has 0 bridgehead atoms. The van der Waals surface area contributed by atoms with Crippen molar-refractivity contribution in [2.24, 2.45) is 5.92 Å². The number of ether oxygens (including phenoxy) is 1. The molecule has 0 radical (unpaired) electrons. The van der Waals surface area contributed by atoms with Crippen molar-refractivity contribution in [1.29, 1.82) is 0 Å². The molecule has 2 nitrogen and oxygen atoms in total. The number of aryl methyl sites for hydroxylation is 1. The van der Waals surface area contributed by atoms with Crippen molar-refractivity contribution in [1.82, 2.24) is 5.32 Å². The van der Waals surface area contributed by atoms with Crippen LogP contribution in [0.25, 0.3) is 0 Å². The molecule has 1 aliphatic carbocycles. The standard InChI is InChI=1S/C15H25NOS/c1-11-6-5-7-15(9-11,17-4)14(16-3)13-8-12(2)18-10-13/h8,10-11,14,16H,5-7,9H2,1-4H3. The molecule has 0 aromatic carbocycles. The third-order valence-electron chi connectivity index (χ3n) is 4.30. The molecule has 1 fully saturated rings. The first-order valence-electron chi connectivity index (χ1n) is 6.89. The van der Waals surface area contributed by atoms with Crippen molar-refractivity contribution < 1.29 is 4.74 Å². The van der Waals surface area contributed by atoms with E-state index in [1.807, 2.05) is 18.4 Å². The summed E-state index contributed by atoms with van der Waals surface area (Å²) in [6.45, 7) is 4.52. The highest BCUT2D eigenvalue weighted by molar-refractivity contribution is 7.10. The van der Waals surface area contributed by atoms with E-state index in [1.165, 1.54) is 23.3 Å². The quantitative estimate of drug-likeness (QED) is 0.893. The molecule has 1 aliphatic rings. The van der Waals surface area contributed by atoms with Gasteiger partial charge in [0, 0.05) is 12.0 Å². The molecule has 3 atom stereocenters. The summed E-state index contributed by atoms with van der Waals surface area (Å²) in [6, 6.07) is 2.61. The summed E-state index contributed by atoms with van der Waals surface area (Å²) < 4.78 is 6.01. The van der Waals surface area contributed by atoms with Crippen molar-refractivity contribution in [2.75, 3.05) is 14.2 Å². The lowest BCUT2D eigenvalue weighted by atomic mass is 9.73. The summed E-state index contributed by atoms with van der Waals surface area (Å²) in [5, 5.41) is 5.77. The van der Waals surface area contributed by atoms with E-state index >= 15 is 0 Å². The second-order valence-electron chi connectivity index (χ2n) is 5.68.